The van der Waals surface area contributed by atoms with Crippen LogP contribution in [0.2, 0.25) is 0 Å². The number of hydrogen-bond donors (Lipinski definition) is 0. The molecule has 1 aromatic rings. The van der Waals surface area contributed by atoms with Gasteiger partial charge in [0, 0.05) is 6.20 Å². The molecule has 0 bridgehead atoms. The molecule has 1 rings (SSSR count). The maximum Gasteiger partial charge on any atom is 0.166 e. The fourth-order valence-electron chi connectivity index (χ4n) is 0.843. The molecule has 0 amide bonds. The lowest BCUT2D eigenvalue weighted by atomic mass is 10.4. The maximum absolute atomic E-state index is 10.4. The van der Waals surface area contributed by atoms with Gasteiger partial charge in [-0.3, -0.25) is 4.79 Å². The minimum atomic E-state index is 0.595. The maximum atomic E-state index is 10.4. The first-order valence-corrected chi connectivity index (χ1v) is 3.38. The van der Waals surface area contributed by atoms with E-state index < -0.39 is 0 Å². The molecule has 0 radical (unpaired) electrons. The molecule has 2 heteroatoms. The van der Waals surface area contributed by atoms with Gasteiger partial charge in [-0.15, -0.1) is 5.92 Å². The Morgan fingerprint density at radius 1 is 1.73 bits per heavy atom. The molecule has 0 saturated heterocycles. The summed E-state index contributed by atoms with van der Waals surface area (Å²) in [6.45, 7) is 2.38. The van der Waals surface area contributed by atoms with Crippen molar-refractivity contribution < 1.29 is 4.79 Å². The van der Waals surface area contributed by atoms with Crippen molar-refractivity contribution in [2.24, 2.45) is 0 Å². The van der Waals surface area contributed by atoms with Crippen LogP contribution in [0.3, 0.4) is 0 Å². The third-order valence-corrected chi connectivity index (χ3v) is 1.41. The molecule has 0 fully saturated rings. The molecule has 0 spiro atoms. The Balaban J connectivity index is 2.81. The monoisotopic (exact) mass is 147 g/mol. The molecule has 1 aromatic heterocycles. The van der Waals surface area contributed by atoms with Gasteiger partial charge in [-0.1, -0.05) is 5.92 Å². The standard InChI is InChI=1S/C9H9NO/c1-2-3-6-10-7-4-5-9(10)8-11/h4-5,7-8H,6H2,1H3. The van der Waals surface area contributed by atoms with E-state index in [0.717, 1.165) is 6.29 Å². The zero-order valence-electron chi connectivity index (χ0n) is 6.37. The molecular formula is C9H9NO. The third kappa shape index (κ3) is 1.71. The van der Waals surface area contributed by atoms with Gasteiger partial charge in [0.15, 0.2) is 6.29 Å². The summed E-state index contributed by atoms with van der Waals surface area (Å²) in [4.78, 5) is 10.4. The highest BCUT2D eigenvalue weighted by Crippen LogP contribution is 1.97. The van der Waals surface area contributed by atoms with E-state index in [1.54, 1.807) is 13.0 Å². The van der Waals surface area contributed by atoms with Crippen molar-refractivity contribution in [1.29, 1.82) is 0 Å². The Labute approximate surface area is 65.8 Å². The number of nitrogens with zero attached hydrogens (tertiary/aromatic N) is 1. The van der Waals surface area contributed by atoms with Crippen molar-refractivity contribution in [3.63, 3.8) is 0 Å². The largest absolute Gasteiger partial charge is 0.334 e. The summed E-state index contributed by atoms with van der Waals surface area (Å²) in [5.41, 5.74) is 0.674. The molecule has 0 aliphatic carbocycles. The zero-order valence-corrected chi connectivity index (χ0v) is 6.37. The number of carbonyl (C=O) groups excluding carboxylic acids is 1. The third-order valence-electron chi connectivity index (χ3n) is 1.41. The van der Waals surface area contributed by atoms with Gasteiger partial charge in [0.2, 0.25) is 0 Å². The molecule has 0 aliphatic heterocycles. The lowest BCUT2D eigenvalue weighted by molar-refractivity contribution is 0.111. The zero-order chi connectivity index (χ0) is 8.10. The second kappa shape index (κ2) is 3.62. The predicted molar refractivity (Wildman–Crippen MR) is 43.3 cm³/mol. The Morgan fingerprint density at radius 2 is 2.55 bits per heavy atom. The minimum absolute atomic E-state index is 0.595. The van der Waals surface area contributed by atoms with E-state index in [0.29, 0.717) is 12.2 Å². The van der Waals surface area contributed by atoms with Gasteiger partial charge in [0.05, 0.1) is 12.2 Å². The number of hydrogen-bond acceptors (Lipinski definition) is 1. The SMILES string of the molecule is CC#CCn1cccc1C=O. The smallest absolute Gasteiger partial charge is 0.166 e. The summed E-state index contributed by atoms with van der Waals surface area (Å²) in [7, 11) is 0. The summed E-state index contributed by atoms with van der Waals surface area (Å²) in [5, 5.41) is 0. The average molecular weight is 147 g/mol. The highest BCUT2D eigenvalue weighted by Gasteiger charge is 1.94. The van der Waals surface area contributed by atoms with Crippen LogP contribution in [-0.2, 0) is 6.54 Å². The summed E-state index contributed by atoms with van der Waals surface area (Å²) in [5.74, 6) is 5.65. The normalized spacial score (nSPS) is 8.45. The Kier molecular flexibility index (Phi) is 2.51. The van der Waals surface area contributed by atoms with Crippen LogP contribution in [0, 0.1) is 11.8 Å². The quantitative estimate of drug-likeness (QED) is 0.457. The van der Waals surface area contributed by atoms with E-state index in [2.05, 4.69) is 11.8 Å². The summed E-state index contributed by atoms with van der Waals surface area (Å²) < 4.78 is 1.81. The van der Waals surface area contributed by atoms with Crippen molar-refractivity contribution in [3.8, 4) is 11.8 Å². The summed E-state index contributed by atoms with van der Waals surface area (Å²) in [6.07, 6.45) is 2.67. The molecule has 1 heterocycles. The predicted octanol–water partition coefficient (Wildman–Crippen LogP) is 1.32. The van der Waals surface area contributed by atoms with Crippen molar-refractivity contribution in [2.75, 3.05) is 0 Å². The highest BCUT2D eigenvalue weighted by molar-refractivity contribution is 5.72. The van der Waals surface area contributed by atoms with Crippen LogP contribution in [0.15, 0.2) is 18.3 Å². The van der Waals surface area contributed by atoms with Crippen LogP contribution in [-0.4, -0.2) is 10.9 Å². The van der Waals surface area contributed by atoms with Crippen LogP contribution in [0.25, 0.3) is 0 Å². The van der Waals surface area contributed by atoms with Gasteiger partial charge in [0.1, 0.15) is 0 Å². The first-order valence-electron chi connectivity index (χ1n) is 3.38. The number of aromatic nitrogens is 1. The van der Waals surface area contributed by atoms with Gasteiger partial charge in [-0.2, -0.15) is 0 Å². The Bertz CT molecular complexity index is 301. The molecule has 0 saturated carbocycles. The van der Waals surface area contributed by atoms with Gasteiger partial charge in [-0.05, 0) is 19.1 Å². The van der Waals surface area contributed by atoms with Crippen molar-refractivity contribution in [2.45, 2.75) is 13.5 Å². The van der Waals surface area contributed by atoms with Crippen LogP contribution in [0.5, 0.6) is 0 Å². The van der Waals surface area contributed by atoms with E-state index in [9.17, 15) is 4.79 Å². The van der Waals surface area contributed by atoms with Gasteiger partial charge >= 0.3 is 0 Å². The average Bonchev–Trinajstić information content (AvgIpc) is 2.47. The van der Waals surface area contributed by atoms with Gasteiger partial charge in [0.25, 0.3) is 0 Å². The molecule has 2 nitrogen and oxygen atoms in total. The lowest BCUT2D eigenvalue weighted by Crippen LogP contribution is -1.98. The molecule has 0 aliphatic rings. The second-order valence-electron chi connectivity index (χ2n) is 2.11. The summed E-state index contributed by atoms with van der Waals surface area (Å²) >= 11 is 0. The molecular weight excluding hydrogens is 138 g/mol. The van der Waals surface area contributed by atoms with Crippen LogP contribution in [0.1, 0.15) is 17.4 Å². The van der Waals surface area contributed by atoms with E-state index in [-0.39, 0.29) is 0 Å². The number of aldehydes is 1. The molecule has 56 valence electrons. The number of rotatable bonds is 2. The van der Waals surface area contributed by atoms with Crippen LogP contribution >= 0.6 is 0 Å². The minimum Gasteiger partial charge on any atom is -0.334 e. The van der Waals surface area contributed by atoms with E-state index in [4.69, 9.17) is 0 Å². The number of carbonyl (C=O) groups is 1. The van der Waals surface area contributed by atoms with Crippen LogP contribution in [0.4, 0.5) is 0 Å². The molecule has 11 heavy (non-hydrogen) atoms. The first-order chi connectivity index (χ1) is 5.38. The molecule has 0 unspecified atom stereocenters. The highest BCUT2D eigenvalue weighted by atomic mass is 16.1. The van der Waals surface area contributed by atoms with E-state index >= 15 is 0 Å². The van der Waals surface area contributed by atoms with E-state index in [1.807, 2.05) is 16.8 Å². The van der Waals surface area contributed by atoms with Crippen molar-refractivity contribution in [1.82, 2.24) is 4.57 Å². The van der Waals surface area contributed by atoms with Crippen molar-refractivity contribution >= 4 is 6.29 Å². The van der Waals surface area contributed by atoms with E-state index in [1.165, 1.54) is 0 Å². The fourth-order valence-corrected chi connectivity index (χ4v) is 0.843. The Hall–Kier alpha value is -1.49. The first kappa shape index (κ1) is 7.62. The molecule has 0 N–H and O–H groups in total. The molecule has 0 aromatic carbocycles. The van der Waals surface area contributed by atoms with Gasteiger partial charge < -0.3 is 4.57 Å². The lowest BCUT2D eigenvalue weighted by Gasteiger charge is -1.96. The Morgan fingerprint density at radius 3 is 3.18 bits per heavy atom. The second-order valence-corrected chi connectivity index (χ2v) is 2.11. The fraction of sp³-hybridized carbons (Fsp3) is 0.222. The topological polar surface area (TPSA) is 22.0 Å². The van der Waals surface area contributed by atoms with Crippen molar-refractivity contribution in [3.05, 3.63) is 24.0 Å². The molecule has 0 atom stereocenters. The van der Waals surface area contributed by atoms with Gasteiger partial charge in [-0.25, -0.2) is 0 Å². The van der Waals surface area contributed by atoms with Crippen LogP contribution < -0.4 is 0 Å². The summed E-state index contributed by atoms with van der Waals surface area (Å²) in [6, 6.07) is 3.60.